The van der Waals surface area contributed by atoms with Crippen molar-refractivity contribution < 1.29 is 9.18 Å². The van der Waals surface area contributed by atoms with Crippen LogP contribution in [0.3, 0.4) is 0 Å². The number of nitrogens with one attached hydrogen (secondary N) is 1. The van der Waals surface area contributed by atoms with Gasteiger partial charge in [-0.2, -0.15) is 0 Å². The van der Waals surface area contributed by atoms with Crippen LogP contribution in [0, 0.1) is 11.2 Å². The van der Waals surface area contributed by atoms with E-state index in [-0.39, 0.29) is 35.3 Å². The number of rotatable bonds is 6. The summed E-state index contributed by atoms with van der Waals surface area (Å²) in [6.45, 7) is 5.55. The number of hydrogen-bond donors (Lipinski definition) is 2. The fourth-order valence-corrected chi connectivity index (χ4v) is 2.09. The van der Waals surface area contributed by atoms with Gasteiger partial charge in [-0.3, -0.25) is 9.69 Å². The van der Waals surface area contributed by atoms with E-state index in [0.29, 0.717) is 18.8 Å². The van der Waals surface area contributed by atoms with Crippen LogP contribution in [0.15, 0.2) is 18.2 Å². The number of nitrogens with zero attached hydrogens (tertiary/aromatic N) is 1. The highest BCUT2D eigenvalue weighted by atomic mass is 35.5. The van der Waals surface area contributed by atoms with Crippen LogP contribution >= 0.6 is 24.0 Å². The Balaban J connectivity index is 0.00000400. The average molecular weight is 338 g/mol. The Hall–Kier alpha value is -0.880. The first kappa shape index (κ1) is 20.1. The molecule has 0 aromatic heterocycles. The fraction of sp³-hybridized carbons (Fsp3) is 0.500. The lowest BCUT2D eigenvalue weighted by Gasteiger charge is -2.28. The highest BCUT2D eigenvalue weighted by molar-refractivity contribution is 6.33. The van der Waals surface area contributed by atoms with Gasteiger partial charge in [-0.15, -0.1) is 12.4 Å². The molecule has 0 heterocycles. The van der Waals surface area contributed by atoms with Gasteiger partial charge in [0.05, 0.1) is 17.3 Å². The van der Waals surface area contributed by atoms with Gasteiger partial charge in [-0.1, -0.05) is 25.4 Å². The molecular formula is C14H22Cl2FN3O. The minimum atomic E-state index is -0.435. The molecule has 0 bridgehead atoms. The van der Waals surface area contributed by atoms with Gasteiger partial charge in [-0.25, -0.2) is 4.39 Å². The smallest absolute Gasteiger partial charge is 0.238 e. The lowest BCUT2D eigenvalue weighted by atomic mass is 9.93. The molecule has 120 valence electrons. The Kier molecular flexibility index (Phi) is 8.18. The normalized spacial score (nSPS) is 11.2. The lowest BCUT2D eigenvalue weighted by molar-refractivity contribution is -0.117. The van der Waals surface area contributed by atoms with E-state index in [9.17, 15) is 9.18 Å². The molecule has 0 aliphatic rings. The first-order valence-electron chi connectivity index (χ1n) is 6.37. The van der Waals surface area contributed by atoms with Crippen molar-refractivity contribution in [2.45, 2.75) is 13.8 Å². The Labute approximate surface area is 136 Å². The zero-order valence-electron chi connectivity index (χ0n) is 12.5. The number of anilines is 1. The van der Waals surface area contributed by atoms with E-state index in [1.165, 1.54) is 18.2 Å². The average Bonchev–Trinajstić information content (AvgIpc) is 2.32. The van der Waals surface area contributed by atoms with E-state index < -0.39 is 5.82 Å². The highest BCUT2D eigenvalue weighted by Crippen LogP contribution is 2.22. The minimum Gasteiger partial charge on any atom is -0.330 e. The highest BCUT2D eigenvalue weighted by Gasteiger charge is 2.19. The van der Waals surface area contributed by atoms with E-state index in [1.807, 2.05) is 25.8 Å². The van der Waals surface area contributed by atoms with Crippen molar-refractivity contribution in [3.05, 3.63) is 29.0 Å². The standard InChI is InChI=1S/C14H21ClFN3O.ClH/c1-14(2,8-17)9-19(3)7-13(20)18-12-5-4-10(16)6-11(12)15;/h4-6H,7-9,17H2,1-3H3,(H,18,20);1H. The number of hydrogen-bond acceptors (Lipinski definition) is 3. The maximum atomic E-state index is 12.9. The van der Waals surface area contributed by atoms with Crippen LogP contribution in [0.1, 0.15) is 13.8 Å². The largest absolute Gasteiger partial charge is 0.330 e. The van der Waals surface area contributed by atoms with Crippen molar-refractivity contribution in [1.29, 1.82) is 0 Å². The molecule has 0 saturated heterocycles. The Morgan fingerprint density at radius 2 is 2.10 bits per heavy atom. The third-order valence-corrected chi connectivity index (χ3v) is 3.18. The molecule has 4 nitrogen and oxygen atoms in total. The van der Waals surface area contributed by atoms with Gasteiger partial charge in [-0.05, 0) is 37.2 Å². The first-order chi connectivity index (χ1) is 9.23. The summed E-state index contributed by atoms with van der Waals surface area (Å²) in [5.74, 6) is -0.636. The van der Waals surface area contributed by atoms with E-state index in [4.69, 9.17) is 17.3 Å². The third kappa shape index (κ3) is 7.09. The number of likely N-dealkylation sites (N-methyl/N-ethyl adjacent to an activating group) is 1. The van der Waals surface area contributed by atoms with Gasteiger partial charge in [0.15, 0.2) is 0 Å². The molecule has 1 aromatic carbocycles. The monoisotopic (exact) mass is 337 g/mol. The second-order valence-electron chi connectivity index (χ2n) is 5.71. The summed E-state index contributed by atoms with van der Waals surface area (Å²) in [7, 11) is 1.85. The van der Waals surface area contributed by atoms with E-state index in [0.717, 1.165) is 0 Å². The van der Waals surface area contributed by atoms with E-state index in [1.54, 1.807) is 0 Å². The van der Waals surface area contributed by atoms with Crippen LogP contribution in [0.2, 0.25) is 5.02 Å². The summed E-state index contributed by atoms with van der Waals surface area (Å²) in [6, 6.07) is 3.86. The summed E-state index contributed by atoms with van der Waals surface area (Å²) in [5, 5.41) is 2.85. The maximum absolute atomic E-state index is 12.9. The number of carbonyl (C=O) groups is 1. The number of nitrogens with two attached hydrogens (primary N) is 1. The first-order valence-corrected chi connectivity index (χ1v) is 6.75. The van der Waals surface area contributed by atoms with Gasteiger partial charge in [0, 0.05) is 6.54 Å². The van der Waals surface area contributed by atoms with Crippen LogP contribution in [0.4, 0.5) is 10.1 Å². The molecular weight excluding hydrogens is 316 g/mol. The maximum Gasteiger partial charge on any atom is 0.238 e. The van der Waals surface area contributed by atoms with Crippen molar-refractivity contribution >= 4 is 35.6 Å². The second kappa shape index (κ2) is 8.54. The lowest BCUT2D eigenvalue weighted by Crippen LogP contribution is -2.40. The third-order valence-electron chi connectivity index (χ3n) is 2.87. The Morgan fingerprint density at radius 1 is 1.48 bits per heavy atom. The summed E-state index contributed by atoms with van der Waals surface area (Å²) in [5.41, 5.74) is 6.02. The van der Waals surface area contributed by atoms with Crippen molar-refractivity contribution in [3.8, 4) is 0 Å². The summed E-state index contributed by atoms with van der Waals surface area (Å²) < 4.78 is 12.9. The minimum absolute atomic E-state index is 0. The molecule has 3 N–H and O–H groups in total. The number of halogens is 3. The molecule has 7 heteroatoms. The molecule has 0 aliphatic carbocycles. The summed E-state index contributed by atoms with van der Waals surface area (Å²) >= 11 is 5.85. The van der Waals surface area contributed by atoms with Crippen LogP contribution in [-0.2, 0) is 4.79 Å². The topological polar surface area (TPSA) is 58.4 Å². The molecule has 0 aliphatic heterocycles. The predicted molar refractivity (Wildman–Crippen MR) is 87.6 cm³/mol. The molecule has 0 radical (unpaired) electrons. The van der Waals surface area contributed by atoms with Crippen molar-refractivity contribution in [3.63, 3.8) is 0 Å². The molecule has 0 saturated carbocycles. The van der Waals surface area contributed by atoms with Crippen LogP contribution in [0.25, 0.3) is 0 Å². The quantitative estimate of drug-likeness (QED) is 0.839. The molecule has 1 amide bonds. The molecule has 21 heavy (non-hydrogen) atoms. The van der Waals surface area contributed by atoms with Gasteiger partial charge in [0.1, 0.15) is 5.82 Å². The fourth-order valence-electron chi connectivity index (χ4n) is 1.88. The SMILES string of the molecule is CN(CC(=O)Nc1ccc(F)cc1Cl)CC(C)(C)CN.Cl. The van der Waals surface area contributed by atoms with Crippen molar-refractivity contribution in [2.75, 3.05) is 32.0 Å². The molecule has 0 atom stereocenters. The van der Waals surface area contributed by atoms with Gasteiger partial charge >= 0.3 is 0 Å². The van der Waals surface area contributed by atoms with Crippen LogP contribution in [0.5, 0.6) is 0 Å². The molecule has 1 aromatic rings. The van der Waals surface area contributed by atoms with Gasteiger partial charge in [0.2, 0.25) is 5.91 Å². The molecule has 0 fully saturated rings. The van der Waals surface area contributed by atoms with Crippen LogP contribution < -0.4 is 11.1 Å². The molecule has 1 rings (SSSR count). The van der Waals surface area contributed by atoms with Crippen LogP contribution in [-0.4, -0.2) is 37.5 Å². The number of amides is 1. The van der Waals surface area contributed by atoms with Crippen molar-refractivity contribution in [2.24, 2.45) is 11.1 Å². The van der Waals surface area contributed by atoms with E-state index in [2.05, 4.69) is 5.32 Å². The zero-order valence-corrected chi connectivity index (χ0v) is 14.0. The predicted octanol–water partition coefficient (Wildman–Crippen LogP) is 2.76. The summed E-state index contributed by atoms with van der Waals surface area (Å²) in [6.07, 6.45) is 0. The zero-order chi connectivity index (χ0) is 15.3. The number of carbonyl (C=O) groups excluding carboxylic acids is 1. The molecule has 0 spiro atoms. The van der Waals surface area contributed by atoms with Crippen molar-refractivity contribution in [1.82, 2.24) is 4.90 Å². The second-order valence-corrected chi connectivity index (χ2v) is 6.12. The summed E-state index contributed by atoms with van der Waals surface area (Å²) in [4.78, 5) is 13.8. The Bertz CT molecular complexity index is 483. The Morgan fingerprint density at radius 3 is 2.62 bits per heavy atom. The van der Waals surface area contributed by atoms with Gasteiger partial charge < -0.3 is 11.1 Å². The number of benzene rings is 1. The van der Waals surface area contributed by atoms with E-state index >= 15 is 0 Å². The van der Waals surface area contributed by atoms with Gasteiger partial charge in [0.25, 0.3) is 0 Å². The molecule has 0 unspecified atom stereocenters.